The van der Waals surface area contributed by atoms with Gasteiger partial charge in [0.1, 0.15) is 5.01 Å². The van der Waals surface area contributed by atoms with Crippen molar-refractivity contribution in [3.8, 4) is 0 Å². The first-order chi connectivity index (χ1) is 7.29. The Kier molecular flexibility index (Phi) is 3.77. The van der Waals surface area contributed by atoms with Gasteiger partial charge in [-0.25, -0.2) is 0 Å². The molecule has 84 valence electrons. The predicted molar refractivity (Wildman–Crippen MR) is 64.0 cm³/mol. The zero-order valence-corrected chi connectivity index (χ0v) is 10.4. The molecule has 0 aromatic carbocycles. The number of nitrogens with zero attached hydrogens (tertiary/aromatic N) is 4. The molecule has 0 spiro atoms. The molecule has 1 aliphatic heterocycles. The maximum Gasteiger partial charge on any atom is 0.208 e. The Balaban J connectivity index is 1.88. The number of rotatable bonds is 3. The van der Waals surface area contributed by atoms with Gasteiger partial charge < -0.3 is 4.90 Å². The summed E-state index contributed by atoms with van der Waals surface area (Å²) in [6.45, 7) is 7.20. The third kappa shape index (κ3) is 2.80. The molecule has 0 N–H and O–H groups in total. The van der Waals surface area contributed by atoms with Crippen LogP contribution in [0.5, 0.6) is 0 Å². The molecule has 15 heavy (non-hydrogen) atoms. The summed E-state index contributed by atoms with van der Waals surface area (Å²) in [5, 5.41) is 10.3. The Morgan fingerprint density at radius 3 is 2.53 bits per heavy atom. The maximum atomic E-state index is 5.72. The van der Waals surface area contributed by atoms with Gasteiger partial charge in [0.15, 0.2) is 0 Å². The van der Waals surface area contributed by atoms with E-state index in [0.717, 1.165) is 48.7 Å². The summed E-state index contributed by atoms with van der Waals surface area (Å²) >= 11 is 7.38. The Morgan fingerprint density at radius 1 is 1.27 bits per heavy atom. The minimum Gasteiger partial charge on any atom is -0.344 e. The highest BCUT2D eigenvalue weighted by Gasteiger charge is 2.18. The highest BCUT2D eigenvalue weighted by molar-refractivity contribution is 7.15. The molecular formula is C9H15ClN4S. The fourth-order valence-electron chi connectivity index (χ4n) is 1.70. The lowest BCUT2D eigenvalue weighted by molar-refractivity contribution is 0.272. The van der Waals surface area contributed by atoms with Gasteiger partial charge in [0.2, 0.25) is 5.13 Å². The Labute approximate surface area is 98.9 Å². The van der Waals surface area contributed by atoms with Crippen molar-refractivity contribution in [1.29, 1.82) is 0 Å². The Morgan fingerprint density at radius 2 is 2.00 bits per heavy atom. The summed E-state index contributed by atoms with van der Waals surface area (Å²) < 4.78 is 0. The third-order valence-electron chi connectivity index (χ3n) is 2.56. The number of aryl methyl sites for hydroxylation is 1. The number of hydrogen-bond donors (Lipinski definition) is 0. The summed E-state index contributed by atoms with van der Waals surface area (Å²) in [5.41, 5.74) is 0. The zero-order valence-electron chi connectivity index (χ0n) is 8.82. The van der Waals surface area contributed by atoms with Gasteiger partial charge in [-0.2, -0.15) is 0 Å². The van der Waals surface area contributed by atoms with E-state index in [1.807, 2.05) is 6.92 Å². The minimum absolute atomic E-state index is 0.720. The van der Waals surface area contributed by atoms with Crippen LogP contribution in [0.1, 0.15) is 5.01 Å². The molecule has 1 aromatic rings. The fourth-order valence-corrected chi connectivity index (χ4v) is 2.67. The summed E-state index contributed by atoms with van der Waals surface area (Å²) in [5.74, 6) is 0.720. The van der Waals surface area contributed by atoms with Gasteiger partial charge in [-0.1, -0.05) is 11.3 Å². The van der Waals surface area contributed by atoms with E-state index in [9.17, 15) is 0 Å². The first kappa shape index (κ1) is 11.1. The lowest BCUT2D eigenvalue weighted by Crippen LogP contribution is -2.46. The van der Waals surface area contributed by atoms with Crippen molar-refractivity contribution in [3.05, 3.63) is 5.01 Å². The Bertz CT molecular complexity index is 309. The second-order valence-electron chi connectivity index (χ2n) is 3.62. The van der Waals surface area contributed by atoms with Crippen LogP contribution in [0.2, 0.25) is 0 Å². The van der Waals surface area contributed by atoms with Crippen LogP contribution in [0.25, 0.3) is 0 Å². The fraction of sp³-hybridized carbons (Fsp3) is 0.778. The van der Waals surface area contributed by atoms with E-state index >= 15 is 0 Å². The molecule has 0 unspecified atom stereocenters. The van der Waals surface area contributed by atoms with E-state index in [1.165, 1.54) is 0 Å². The van der Waals surface area contributed by atoms with Crippen LogP contribution in [0.4, 0.5) is 5.13 Å². The van der Waals surface area contributed by atoms with Gasteiger partial charge in [0.05, 0.1) is 0 Å². The molecule has 1 fully saturated rings. The van der Waals surface area contributed by atoms with E-state index in [-0.39, 0.29) is 0 Å². The molecule has 0 atom stereocenters. The topological polar surface area (TPSA) is 32.3 Å². The van der Waals surface area contributed by atoms with Crippen LogP contribution in [0.15, 0.2) is 0 Å². The minimum atomic E-state index is 0.720. The predicted octanol–water partition coefficient (Wildman–Crippen LogP) is 1.21. The van der Waals surface area contributed by atoms with E-state index in [1.54, 1.807) is 11.3 Å². The zero-order chi connectivity index (χ0) is 10.7. The van der Waals surface area contributed by atoms with Crippen molar-refractivity contribution in [3.63, 3.8) is 0 Å². The van der Waals surface area contributed by atoms with Crippen LogP contribution in [-0.4, -0.2) is 53.7 Å². The number of piperazine rings is 1. The summed E-state index contributed by atoms with van der Waals surface area (Å²) in [6, 6.07) is 0. The summed E-state index contributed by atoms with van der Waals surface area (Å²) in [6.07, 6.45) is 0. The van der Waals surface area contributed by atoms with Crippen molar-refractivity contribution < 1.29 is 0 Å². The monoisotopic (exact) mass is 246 g/mol. The smallest absolute Gasteiger partial charge is 0.208 e. The summed E-state index contributed by atoms with van der Waals surface area (Å²) in [4.78, 5) is 4.69. The molecule has 0 saturated carbocycles. The van der Waals surface area contributed by atoms with Crippen LogP contribution in [0.3, 0.4) is 0 Å². The standard InChI is InChI=1S/C9H15ClN4S/c1-8-11-12-9(15-8)14-6-4-13(3-2-10)5-7-14/h2-7H2,1H3. The SMILES string of the molecule is Cc1nnc(N2CCN(CCCl)CC2)s1. The van der Waals surface area contributed by atoms with E-state index in [4.69, 9.17) is 11.6 Å². The lowest BCUT2D eigenvalue weighted by Gasteiger charge is -2.33. The molecule has 1 saturated heterocycles. The third-order valence-corrected chi connectivity index (χ3v) is 3.63. The van der Waals surface area contributed by atoms with Gasteiger partial charge in [-0.05, 0) is 6.92 Å². The number of aromatic nitrogens is 2. The van der Waals surface area contributed by atoms with E-state index in [0.29, 0.717) is 0 Å². The van der Waals surface area contributed by atoms with Crippen LogP contribution < -0.4 is 4.90 Å². The number of halogens is 1. The molecule has 1 aromatic heterocycles. The highest BCUT2D eigenvalue weighted by Crippen LogP contribution is 2.20. The van der Waals surface area contributed by atoms with Gasteiger partial charge in [-0.3, -0.25) is 4.90 Å². The molecular weight excluding hydrogens is 232 g/mol. The molecule has 0 aliphatic carbocycles. The molecule has 0 radical (unpaired) electrons. The first-order valence-electron chi connectivity index (χ1n) is 5.13. The number of anilines is 1. The van der Waals surface area contributed by atoms with Crippen LogP contribution in [0, 0.1) is 6.92 Å². The average molecular weight is 247 g/mol. The molecule has 2 rings (SSSR count). The number of hydrogen-bond acceptors (Lipinski definition) is 5. The second-order valence-corrected chi connectivity index (χ2v) is 5.16. The highest BCUT2D eigenvalue weighted by atomic mass is 35.5. The van der Waals surface area contributed by atoms with Crippen molar-refractivity contribution in [2.75, 3.05) is 43.5 Å². The largest absolute Gasteiger partial charge is 0.344 e. The van der Waals surface area contributed by atoms with Gasteiger partial charge in [-0.15, -0.1) is 21.8 Å². The van der Waals surface area contributed by atoms with Gasteiger partial charge >= 0.3 is 0 Å². The van der Waals surface area contributed by atoms with Crippen molar-refractivity contribution in [2.45, 2.75) is 6.92 Å². The van der Waals surface area contributed by atoms with Gasteiger partial charge in [0, 0.05) is 38.6 Å². The summed E-state index contributed by atoms with van der Waals surface area (Å²) in [7, 11) is 0. The lowest BCUT2D eigenvalue weighted by atomic mass is 10.3. The maximum absolute atomic E-state index is 5.72. The van der Waals surface area contributed by atoms with Gasteiger partial charge in [0.25, 0.3) is 0 Å². The molecule has 4 nitrogen and oxygen atoms in total. The molecule has 2 heterocycles. The quantitative estimate of drug-likeness (QED) is 0.751. The van der Waals surface area contributed by atoms with Crippen molar-refractivity contribution >= 4 is 28.1 Å². The normalized spacial score (nSPS) is 18.4. The van der Waals surface area contributed by atoms with E-state index < -0.39 is 0 Å². The number of alkyl halides is 1. The van der Waals surface area contributed by atoms with Crippen molar-refractivity contribution in [1.82, 2.24) is 15.1 Å². The molecule has 0 amide bonds. The van der Waals surface area contributed by atoms with Crippen molar-refractivity contribution in [2.24, 2.45) is 0 Å². The molecule has 1 aliphatic rings. The molecule has 0 bridgehead atoms. The average Bonchev–Trinajstić information content (AvgIpc) is 2.67. The first-order valence-corrected chi connectivity index (χ1v) is 6.48. The van der Waals surface area contributed by atoms with Crippen LogP contribution >= 0.6 is 22.9 Å². The van der Waals surface area contributed by atoms with Crippen LogP contribution in [-0.2, 0) is 0 Å². The van der Waals surface area contributed by atoms with E-state index in [2.05, 4.69) is 20.0 Å². The second kappa shape index (κ2) is 5.09. The Hall–Kier alpha value is -0.390. The molecule has 6 heteroatoms.